The van der Waals surface area contributed by atoms with Gasteiger partial charge in [-0.15, -0.1) is 0 Å². The standard InChI is InChI=1S/C13H21NO3/c1-8-11(5-6-17-8)14-7-9-3-2-4-10(9)12(14)13(15)16/h8-12H,2-7H2,1H3,(H,15,16). The van der Waals surface area contributed by atoms with E-state index in [1.165, 1.54) is 12.8 Å². The number of hydrogen-bond acceptors (Lipinski definition) is 3. The SMILES string of the molecule is CC1OCCC1N1CC2CCCC2C1C(=O)O. The number of fused-ring (bicyclic) bond motifs is 1. The van der Waals surface area contributed by atoms with Crippen LogP contribution in [-0.2, 0) is 9.53 Å². The van der Waals surface area contributed by atoms with E-state index >= 15 is 0 Å². The van der Waals surface area contributed by atoms with Crippen molar-refractivity contribution in [3.63, 3.8) is 0 Å². The first kappa shape index (κ1) is 11.5. The van der Waals surface area contributed by atoms with Crippen molar-refractivity contribution >= 4 is 5.97 Å². The number of hydrogen-bond donors (Lipinski definition) is 1. The molecule has 4 nitrogen and oxygen atoms in total. The molecule has 0 aromatic carbocycles. The molecule has 1 saturated carbocycles. The van der Waals surface area contributed by atoms with E-state index in [0.717, 1.165) is 26.0 Å². The Kier molecular flexibility index (Phi) is 2.87. The minimum Gasteiger partial charge on any atom is -0.480 e. The fourth-order valence-corrected chi connectivity index (χ4v) is 4.16. The number of likely N-dealkylation sites (tertiary alicyclic amines) is 1. The quantitative estimate of drug-likeness (QED) is 0.790. The van der Waals surface area contributed by atoms with Crippen molar-refractivity contribution in [1.29, 1.82) is 0 Å². The molecule has 4 heteroatoms. The summed E-state index contributed by atoms with van der Waals surface area (Å²) in [5, 5.41) is 9.49. The van der Waals surface area contributed by atoms with Crippen molar-refractivity contribution in [2.24, 2.45) is 11.8 Å². The molecule has 17 heavy (non-hydrogen) atoms. The van der Waals surface area contributed by atoms with Crippen LogP contribution in [0.3, 0.4) is 0 Å². The first-order valence-corrected chi connectivity index (χ1v) is 6.78. The van der Waals surface area contributed by atoms with Crippen molar-refractivity contribution in [3.05, 3.63) is 0 Å². The lowest BCUT2D eigenvalue weighted by Gasteiger charge is -2.31. The van der Waals surface area contributed by atoms with Gasteiger partial charge in [0.25, 0.3) is 0 Å². The maximum atomic E-state index is 11.5. The lowest BCUT2D eigenvalue weighted by molar-refractivity contribution is -0.144. The predicted molar refractivity (Wildman–Crippen MR) is 62.8 cm³/mol. The zero-order chi connectivity index (χ0) is 12.0. The molecule has 2 aliphatic heterocycles. The molecule has 0 spiro atoms. The van der Waals surface area contributed by atoms with Gasteiger partial charge in [0.15, 0.2) is 0 Å². The average molecular weight is 239 g/mol. The minimum absolute atomic E-state index is 0.190. The molecule has 2 saturated heterocycles. The van der Waals surface area contributed by atoms with Crippen LogP contribution in [0.5, 0.6) is 0 Å². The number of carboxylic acid groups (broad SMARTS) is 1. The van der Waals surface area contributed by atoms with Crippen molar-refractivity contribution in [1.82, 2.24) is 4.90 Å². The Balaban J connectivity index is 1.81. The van der Waals surface area contributed by atoms with Gasteiger partial charge in [-0.3, -0.25) is 9.69 Å². The van der Waals surface area contributed by atoms with E-state index in [4.69, 9.17) is 4.74 Å². The summed E-state index contributed by atoms with van der Waals surface area (Å²) >= 11 is 0. The van der Waals surface area contributed by atoms with Crippen molar-refractivity contribution in [2.45, 2.75) is 50.8 Å². The predicted octanol–water partition coefficient (Wildman–Crippen LogP) is 1.35. The number of rotatable bonds is 2. The van der Waals surface area contributed by atoms with Crippen LogP contribution in [0.4, 0.5) is 0 Å². The number of ether oxygens (including phenoxy) is 1. The molecule has 3 rings (SSSR count). The van der Waals surface area contributed by atoms with E-state index in [9.17, 15) is 9.90 Å². The van der Waals surface area contributed by atoms with Crippen LogP contribution >= 0.6 is 0 Å². The zero-order valence-corrected chi connectivity index (χ0v) is 10.3. The second kappa shape index (κ2) is 4.25. The second-order valence-electron chi connectivity index (χ2n) is 5.77. The van der Waals surface area contributed by atoms with Gasteiger partial charge >= 0.3 is 5.97 Å². The van der Waals surface area contributed by atoms with Gasteiger partial charge in [0.05, 0.1) is 6.10 Å². The molecule has 1 aliphatic carbocycles. The Hall–Kier alpha value is -0.610. The summed E-state index contributed by atoms with van der Waals surface area (Å²) in [4.78, 5) is 13.8. The Morgan fingerprint density at radius 2 is 2.18 bits per heavy atom. The molecule has 3 aliphatic rings. The highest BCUT2D eigenvalue weighted by Crippen LogP contribution is 2.44. The highest BCUT2D eigenvalue weighted by molar-refractivity contribution is 5.74. The monoisotopic (exact) mass is 239 g/mol. The second-order valence-corrected chi connectivity index (χ2v) is 5.77. The average Bonchev–Trinajstić information content (AvgIpc) is 2.89. The zero-order valence-electron chi connectivity index (χ0n) is 10.3. The van der Waals surface area contributed by atoms with Crippen molar-refractivity contribution in [2.75, 3.05) is 13.2 Å². The van der Waals surface area contributed by atoms with Crippen LogP contribution in [0, 0.1) is 11.8 Å². The van der Waals surface area contributed by atoms with Crippen LogP contribution in [0.2, 0.25) is 0 Å². The molecule has 5 atom stereocenters. The van der Waals surface area contributed by atoms with Gasteiger partial charge in [0, 0.05) is 19.2 Å². The van der Waals surface area contributed by atoms with Gasteiger partial charge < -0.3 is 9.84 Å². The fourth-order valence-electron chi connectivity index (χ4n) is 4.16. The maximum Gasteiger partial charge on any atom is 0.321 e. The molecule has 2 heterocycles. The van der Waals surface area contributed by atoms with E-state index in [0.29, 0.717) is 17.9 Å². The Morgan fingerprint density at radius 3 is 2.82 bits per heavy atom. The molecule has 5 unspecified atom stereocenters. The van der Waals surface area contributed by atoms with Crippen LogP contribution < -0.4 is 0 Å². The van der Waals surface area contributed by atoms with Crippen LogP contribution in [0.15, 0.2) is 0 Å². The summed E-state index contributed by atoms with van der Waals surface area (Å²) in [6.45, 7) is 3.83. The van der Waals surface area contributed by atoms with Crippen LogP contribution in [0.25, 0.3) is 0 Å². The largest absolute Gasteiger partial charge is 0.480 e. The summed E-state index contributed by atoms with van der Waals surface area (Å²) in [5.41, 5.74) is 0. The number of carbonyl (C=O) groups is 1. The summed E-state index contributed by atoms with van der Waals surface area (Å²) in [6.07, 6.45) is 4.71. The van der Waals surface area contributed by atoms with Gasteiger partial charge in [-0.2, -0.15) is 0 Å². The Bertz CT molecular complexity index is 320. The molecule has 96 valence electrons. The summed E-state index contributed by atoms with van der Waals surface area (Å²) in [6, 6.07) is 0.0679. The molecule has 0 aromatic rings. The molecule has 0 aromatic heterocycles. The summed E-state index contributed by atoms with van der Waals surface area (Å²) in [5.74, 6) is 0.378. The molecular formula is C13H21NO3. The maximum absolute atomic E-state index is 11.5. The van der Waals surface area contributed by atoms with E-state index in [1.807, 2.05) is 0 Å². The minimum atomic E-state index is -0.626. The third-order valence-electron chi connectivity index (χ3n) is 4.94. The van der Waals surface area contributed by atoms with E-state index in [2.05, 4.69) is 11.8 Å². The third kappa shape index (κ3) is 1.78. The van der Waals surface area contributed by atoms with E-state index < -0.39 is 5.97 Å². The van der Waals surface area contributed by atoms with Crippen molar-refractivity contribution in [3.8, 4) is 0 Å². The third-order valence-corrected chi connectivity index (χ3v) is 4.94. The number of nitrogens with zero attached hydrogens (tertiary/aromatic N) is 1. The summed E-state index contributed by atoms with van der Waals surface area (Å²) in [7, 11) is 0. The van der Waals surface area contributed by atoms with Gasteiger partial charge in [-0.1, -0.05) is 6.42 Å². The number of carboxylic acids is 1. The summed E-state index contributed by atoms with van der Waals surface area (Å²) < 4.78 is 5.59. The van der Waals surface area contributed by atoms with Crippen LogP contribution in [0.1, 0.15) is 32.6 Å². The lowest BCUT2D eigenvalue weighted by atomic mass is 9.94. The Morgan fingerprint density at radius 1 is 1.35 bits per heavy atom. The highest BCUT2D eigenvalue weighted by Gasteiger charge is 2.51. The van der Waals surface area contributed by atoms with Gasteiger partial charge in [-0.25, -0.2) is 0 Å². The normalized spacial score (nSPS) is 46.3. The molecular weight excluding hydrogens is 218 g/mol. The lowest BCUT2D eigenvalue weighted by Crippen LogP contribution is -2.48. The molecule has 0 bridgehead atoms. The van der Waals surface area contributed by atoms with Gasteiger partial charge in [-0.05, 0) is 38.0 Å². The van der Waals surface area contributed by atoms with Gasteiger partial charge in [0.1, 0.15) is 6.04 Å². The Labute approximate surface area is 102 Å². The van der Waals surface area contributed by atoms with Gasteiger partial charge in [0.2, 0.25) is 0 Å². The molecule has 0 amide bonds. The molecule has 3 fully saturated rings. The topological polar surface area (TPSA) is 49.8 Å². The first-order valence-electron chi connectivity index (χ1n) is 6.78. The van der Waals surface area contributed by atoms with E-state index in [1.54, 1.807) is 0 Å². The highest BCUT2D eigenvalue weighted by atomic mass is 16.5. The fraction of sp³-hybridized carbons (Fsp3) is 0.923. The first-order chi connectivity index (χ1) is 8.18. The number of aliphatic carboxylic acids is 1. The smallest absolute Gasteiger partial charge is 0.321 e. The van der Waals surface area contributed by atoms with E-state index in [-0.39, 0.29) is 12.1 Å². The van der Waals surface area contributed by atoms with Crippen molar-refractivity contribution < 1.29 is 14.6 Å². The molecule has 0 radical (unpaired) electrons. The van der Waals surface area contributed by atoms with Crippen LogP contribution in [-0.4, -0.2) is 47.3 Å². The molecule has 1 N–H and O–H groups in total.